The first-order valence-electron chi connectivity index (χ1n) is 7.51. The number of hydrogen-bond donors (Lipinski definition) is 1. The second-order valence-electron chi connectivity index (χ2n) is 5.18. The smallest absolute Gasteiger partial charge is 0.169 e. The molecule has 1 N–H and O–H groups in total. The van der Waals surface area contributed by atoms with E-state index in [4.69, 9.17) is 0 Å². The molecule has 3 heteroatoms. The molecule has 0 aromatic heterocycles. The highest BCUT2D eigenvalue weighted by atomic mass is 16.3. The molecule has 3 nitrogen and oxygen atoms in total. The molecule has 0 radical (unpaired) electrons. The summed E-state index contributed by atoms with van der Waals surface area (Å²) in [6.07, 6.45) is 0.760. The van der Waals surface area contributed by atoms with Gasteiger partial charge in [-0.15, -0.1) is 5.92 Å². The Hall–Kier alpha value is -1.63. The molecule has 0 fully saturated rings. The number of carbonyl (C=O) groups is 1. The minimum absolute atomic E-state index is 0.189. The first-order valence-corrected chi connectivity index (χ1v) is 7.51. The maximum atomic E-state index is 12.1. The Bertz CT molecular complexity index is 493. The van der Waals surface area contributed by atoms with Crippen molar-refractivity contribution in [2.45, 2.75) is 39.2 Å². The molecule has 0 saturated heterocycles. The third-order valence-electron chi connectivity index (χ3n) is 3.68. The lowest BCUT2D eigenvalue weighted by atomic mass is 9.89. The Morgan fingerprint density at radius 3 is 2.38 bits per heavy atom. The predicted octanol–water partition coefficient (Wildman–Crippen LogP) is 2.59. The highest BCUT2D eigenvalue weighted by molar-refractivity contribution is 5.88. The van der Waals surface area contributed by atoms with Gasteiger partial charge in [0.15, 0.2) is 5.78 Å². The molecule has 1 aromatic rings. The lowest BCUT2D eigenvalue weighted by Crippen LogP contribution is -2.31. The van der Waals surface area contributed by atoms with Crippen molar-refractivity contribution in [3.63, 3.8) is 0 Å². The van der Waals surface area contributed by atoms with Gasteiger partial charge in [0.1, 0.15) is 5.60 Å². The zero-order valence-electron chi connectivity index (χ0n) is 13.2. The van der Waals surface area contributed by atoms with E-state index in [0.29, 0.717) is 12.0 Å². The fourth-order valence-corrected chi connectivity index (χ4v) is 2.05. The average Bonchev–Trinajstić information content (AvgIpc) is 2.51. The monoisotopic (exact) mass is 287 g/mol. The molecule has 0 spiro atoms. The summed E-state index contributed by atoms with van der Waals surface area (Å²) in [4.78, 5) is 14.4. The van der Waals surface area contributed by atoms with E-state index < -0.39 is 5.60 Å². The fraction of sp³-hybridized carbons (Fsp3) is 0.500. The van der Waals surface area contributed by atoms with Crippen LogP contribution < -0.4 is 0 Å². The topological polar surface area (TPSA) is 40.5 Å². The molecule has 1 aromatic carbocycles. The molecule has 0 aliphatic carbocycles. The fourth-order valence-electron chi connectivity index (χ4n) is 2.05. The van der Waals surface area contributed by atoms with Crippen LogP contribution in [0.1, 0.15) is 39.2 Å². The summed E-state index contributed by atoms with van der Waals surface area (Å²) in [5, 5.41) is 10.4. The van der Waals surface area contributed by atoms with Gasteiger partial charge in [-0.05, 0) is 25.6 Å². The quantitative estimate of drug-likeness (QED) is 0.784. The highest BCUT2D eigenvalue weighted by Gasteiger charge is 2.30. The number of rotatable bonds is 7. The molecule has 0 heterocycles. The Morgan fingerprint density at radius 2 is 1.81 bits per heavy atom. The van der Waals surface area contributed by atoms with E-state index in [1.165, 1.54) is 0 Å². The van der Waals surface area contributed by atoms with Crippen molar-refractivity contribution >= 4 is 5.78 Å². The van der Waals surface area contributed by atoms with E-state index in [9.17, 15) is 9.90 Å². The highest BCUT2D eigenvalue weighted by Crippen LogP contribution is 2.23. The Kier molecular flexibility index (Phi) is 7.14. The van der Waals surface area contributed by atoms with E-state index in [1.54, 1.807) is 19.1 Å². The van der Waals surface area contributed by atoms with Crippen LogP contribution in [0.5, 0.6) is 0 Å². The molecule has 1 rings (SSSR count). The van der Waals surface area contributed by atoms with Crippen molar-refractivity contribution < 1.29 is 9.90 Å². The third kappa shape index (κ3) is 5.34. The van der Waals surface area contributed by atoms with Crippen LogP contribution in [0.25, 0.3) is 0 Å². The number of benzene rings is 1. The largest absolute Gasteiger partial charge is 0.378 e. The van der Waals surface area contributed by atoms with Gasteiger partial charge in [0, 0.05) is 12.8 Å². The van der Waals surface area contributed by atoms with E-state index in [-0.39, 0.29) is 12.2 Å². The molecule has 0 unspecified atom stereocenters. The lowest BCUT2D eigenvalue weighted by molar-refractivity contribution is -0.136. The minimum atomic E-state index is -1.43. The summed E-state index contributed by atoms with van der Waals surface area (Å²) in [6, 6.07) is 9.04. The molecular weight excluding hydrogens is 262 g/mol. The summed E-state index contributed by atoms with van der Waals surface area (Å²) < 4.78 is 0. The van der Waals surface area contributed by atoms with Crippen LogP contribution in [-0.2, 0) is 10.4 Å². The normalized spacial score (nSPS) is 13.4. The molecule has 1 atom stereocenters. The van der Waals surface area contributed by atoms with Crippen molar-refractivity contribution in [3.8, 4) is 11.8 Å². The van der Waals surface area contributed by atoms with Gasteiger partial charge in [-0.1, -0.05) is 50.1 Å². The van der Waals surface area contributed by atoms with Crippen molar-refractivity contribution in [1.29, 1.82) is 0 Å². The van der Waals surface area contributed by atoms with Gasteiger partial charge in [-0.2, -0.15) is 0 Å². The number of nitrogens with zero attached hydrogens (tertiary/aromatic N) is 1. The van der Waals surface area contributed by atoms with Gasteiger partial charge < -0.3 is 5.11 Å². The number of carbonyl (C=O) groups excluding carboxylic acids is 1. The lowest BCUT2D eigenvalue weighted by Gasteiger charge is -2.21. The summed E-state index contributed by atoms with van der Waals surface area (Å²) in [5.74, 6) is 5.90. The summed E-state index contributed by atoms with van der Waals surface area (Å²) in [7, 11) is 0. The van der Waals surface area contributed by atoms with Crippen molar-refractivity contribution in [2.24, 2.45) is 0 Å². The second kappa shape index (κ2) is 8.61. The van der Waals surface area contributed by atoms with Crippen LogP contribution in [0, 0.1) is 11.8 Å². The molecule has 0 aliphatic rings. The van der Waals surface area contributed by atoms with Crippen LogP contribution in [0.4, 0.5) is 0 Å². The molecule has 0 saturated carbocycles. The number of hydrogen-bond acceptors (Lipinski definition) is 3. The van der Waals surface area contributed by atoms with Gasteiger partial charge in [0.2, 0.25) is 0 Å². The Labute approximate surface area is 128 Å². The van der Waals surface area contributed by atoms with E-state index in [0.717, 1.165) is 19.6 Å². The molecule has 0 amide bonds. The van der Waals surface area contributed by atoms with Crippen LogP contribution in [0.15, 0.2) is 30.3 Å². The Balaban J connectivity index is 2.49. The van der Waals surface area contributed by atoms with E-state index in [1.807, 2.05) is 18.2 Å². The first-order chi connectivity index (χ1) is 10.0. The maximum Gasteiger partial charge on any atom is 0.169 e. The van der Waals surface area contributed by atoms with Crippen LogP contribution in [0.2, 0.25) is 0 Å². The van der Waals surface area contributed by atoms with Crippen LogP contribution in [-0.4, -0.2) is 35.4 Å². The summed E-state index contributed by atoms with van der Waals surface area (Å²) >= 11 is 0. The van der Waals surface area contributed by atoms with Gasteiger partial charge in [-0.25, -0.2) is 0 Å². The maximum absolute atomic E-state index is 12.1. The van der Waals surface area contributed by atoms with E-state index in [2.05, 4.69) is 30.6 Å². The predicted molar refractivity (Wildman–Crippen MR) is 85.8 cm³/mol. The van der Waals surface area contributed by atoms with Gasteiger partial charge in [0.05, 0.1) is 6.54 Å². The zero-order chi connectivity index (χ0) is 15.7. The van der Waals surface area contributed by atoms with Gasteiger partial charge in [0.25, 0.3) is 0 Å². The Morgan fingerprint density at radius 1 is 1.19 bits per heavy atom. The van der Waals surface area contributed by atoms with Gasteiger partial charge >= 0.3 is 0 Å². The molecular formula is C18H25NO2. The molecule has 114 valence electrons. The van der Waals surface area contributed by atoms with Gasteiger partial charge in [-0.3, -0.25) is 9.69 Å². The van der Waals surface area contributed by atoms with E-state index >= 15 is 0 Å². The summed E-state index contributed by atoms with van der Waals surface area (Å²) in [6.45, 7) is 8.45. The third-order valence-corrected chi connectivity index (χ3v) is 3.68. The minimum Gasteiger partial charge on any atom is -0.378 e. The first kappa shape index (κ1) is 17.4. The number of ketones is 1. The molecule has 0 aliphatic heterocycles. The van der Waals surface area contributed by atoms with Crippen molar-refractivity contribution in [3.05, 3.63) is 35.9 Å². The second-order valence-corrected chi connectivity index (χ2v) is 5.18. The van der Waals surface area contributed by atoms with Crippen molar-refractivity contribution in [1.82, 2.24) is 4.90 Å². The number of Topliss-reactive ketones (excluding diaryl/α,β-unsaturated/α-hetero) is 1. The average molecular weight is 287 g/mol. The van der Waals surface area contributed by atoms with Crippen LogP contribution in [0.3, 0.4) is 0 Å². The van der Waals surface area contributed by atoms with Crippen molar-refractivity contribution in [2.75, 3.05) is 19.6 Å². The standard InChI is InChI=1S/C18H25NO2/c1-4-19(5-2)15-11-7-10-14-17(20)18(3,21)16-12-8-6-9-13-16/h6,8-9,12-13,21H,4-5,10,14-15H2,1-3H3/t18-/m1/s1. The summed E-state index contributed by atoms with van der Waals surface area (Å²) in [5.41, 5.74) is -0.798. The SMILES string of the molecule is CCN(CC)CC#CCCC(=O)[C@](C)(O)c1ccccc1. The molecule has 0 bridgehead atoms. The molecule has 21 heavy (non-hydrogen) atoms. The number of aliphatic hydroxyl groups is 1. The zero-order valence-corrected chi connectivity index (χ0v) is 13.2. The van der Waals surface area contributed by atoms with Crippen LogP contribution >= 0.6 is 0 Å².